The molecule has 2 aliphatic rings. The highest BCUT2D eigenvalue weighted by Gasteiger charge is 2.29. The van der Waals surface area contributed by atoms with Crippen LogP contribution in [0.2, 0.25) is 5.02 Å². The zero-order chi connectivity index (χ0) is 24.5. The second-order valence-electron chi connectivity index (χ2n) is 9.04. The fourth-order valence-electron chi connectivity index (χ4n) is 4.82. The molecular weight excluding hydrogens is 480 g/mol. The Balaban J connectivity index is 1.52. The number of benzene rings is 1. The lowest BCUT2D eigenvalue weighted by molar-refractivity contribution is -0.122. The molecule has 1 aromatic carbocycles. The van der Waals surface area contributed by atoms with E-state index in [4.69, 9.17) is 27.1 Å². The van der Waals surface area contributed by atoms with Crippen molar-refractivity contribution in [3.63, 3.8) is 0 Å². The predicted octanol–water partition coefficient (Wildman–Crippen LogP) is 4.31. The average Bonchev–Trinajstić information content (AvgIpc) is 3.19. The van der Waals surface area contributed by atoms with Crippen molar-refractivity contribution in [3.05, 3.63) is 35.0 Å². The van der Waals surface area contributed by atoms with Crippen LogP contribution in [0.25, 0.3) is 11.2 Å². The van der Waals surface area contributed by atoms with E-state index >= 15 is 0 Å². The van der Waals surface area contributed by atoms with E-state index in [0.29, 0.717) is 55.4 Å². The maximum atomic E-state index is 14.6. The third-order valence-corrected chi connectivity index (χ3v) is 6.93. The maximum Gasteiger partial charge on any atom is 0.225 e. The van der Waals surface area contributed by atoms with E-state index < -0.39 is 11.6 Å². The van der Waals surface area contributed by atoms with E-state index in [1.807, 2.05) is 4.57 Å². The van der Waals surface area contributed by atoms with Crippen molar-refractivity contribution in [3.8, 4) is 0 Å². The van der Waals surface area contributed by atoms with Crippen LogP contribution < -0.4 is 16.4 Å². The number of ether oxygens (including phenoxy) is 1. The molecule has 0 radical (unpaired) electrons. The number of hydrogen-bond acceptors (Lipinski definition) is 7. The second kappa shape index (κ2) is 9.90. The van der Waals surface area contributed by atoms with E-state index in [-0.39, 0.29) is 34.6 Å². The Kier molecular flexibility index (Phi) is 6.70. The largest absolute Gasteiger partial charge is 0.379 e. The highest BCUT2D eigenvalue weighted by molar-refractivity contribution is 6.33. The first-order valence-electron chi connectivity index (χ1n) is 11.7. The van der Waals surface area contributed by atoms with Crippen LogP contribution in [0.1, 0.15) is 44.6 Å². The number of nitrogens with zero attached hydrogens (tertiary/aromatic N) is 4. The molecule has 5 rings (SSSR count). The minimum atomic E-state index is -0.836. The summed E-state index contributed by atoms with van der Waals surface area (Å²) in [5.41, 5.74) is 6.50. The Hall–Kier alpha value is -3.05. The van der Waals surface area contributed by atoms with Crippen molar-refractivity contribution in [1.82, 2.24) is 19.5 Å². The Morgan fingerprint density at radius 1 is 1.17 bits per heavy atom. The fourth-order valence-corrected chi connectivity index (χ4v) is 5.07. The number of primary amides is 1. The summed E-state index contributed by atoms with van der Waals surface area (Å²) in [5.74, 6) is -1.35. The van der Waals surface area contributed by atoms with Crippen molar-refractivity contribution < 1.29 is 18.3 Å². The first-order valence-corrected chi connectivity index (χ1v) is 12.1. The van der Waals surface area contributed by atoms with Gasteiger partial charge in [0.1, 0.15) is 11.3 Å². The number of amides is 1. The fraction of sp³-hybridized carbons (Fsp3) is 0.478. The summed E-state index contributed by atoms with van der Waals surface area (Å²) in [6, 6.07) is 1.83. The van der Waals surface area contributed by atoms with Gasteiger partial charge in [0.2, 0.25) is 17.8 Å². The van der Waals surface area contributed by atoms with Crippen LogP contribution in [0.15, 0.2) is 18.3 Å². The first-order chi connectivity index (χ1) is 16.9. The summed E-state index contributed by atoms with van der Waals surface area (Å²) in [5, 5.41) is 6.14. The van der Waals surface area contributed by atoms with E-state index in [1.165, 1.54) is 0 Å². The molecule has 1 amide bonds. The molecule has 0 bridgehead atoms. The SMILES string of the molecule is NC(=O)[C@H]1CC[C@@H](n2c(Nc3c(F)cc(F)cc3Cl)nc3cnc(NC4CCCOC4)nc32)CC1. The molecule has 1 atom stereocenters. The van der Waals surface area contributed by atoms with Gasteiger partial charge in [0.25, 0.3) is 0 Å². The van der Waals surface area contributed by atoms with Gasteiger partial charge in [-0.05, 0) is 44.6 Å². The number of fused-ring (bicyclic) bond motifs is 1. The van der Waals surface area contributed by atoms with Crippen molar-refractivity contribution >= 4 is 46.3 Å². The molecule has 0 spiro atoms. The van der Waals surface area contributed by atoms with Crippen LogP contribution >= 0.6 is 11.6 Å². The van der Waals surface area contributed by atoms with Crippen LogP contribution in [0, 0.1) is 17.6 Å². The lowest BCUT2D eigenvalue weighted by atomic mass is 9.85. The van der Waals surface area contributed by atoms with Gasteiger partial charge in [-0.1, -0.05) is 11.6 Å². The molecule has 12 heteroatoms. The van der Waals surface area contributed by atoms with E-state index in [2.05, 4.69) is 20.6 Å². The summed E-state index contributed by atoms with van der Waals surface area (Å²) in [7, 11) is 0. The summed E-state index contributed by atoms with van der Waals surface area (Å²) in [6.45, 7) is 1.32. The van der Waals surface area contributed by atoms with E-state index in [0.717, 1.165) is 31.6 Å². The standard InChI is InChI=1S/C23H26ClF2N7O2/c24-16-8-13(25)9-17(26)19(16)31-23-30-18-10-28-22(29-14-2-1-7-35-11-14)32-21(18)33(23)15-5-3-12(4-6-15)20(27)34/h8-10,12,14-15H,1-7,11H2,(H2,27,34)(H,30,31)(H,28,29,32)/t12-,14?,15+. The zero-order valence-electron chi connectivity index (χ0n) is 18.9. The molecular formula is C23H26ClF2N7O2. The number of nitrogens with one attached hydrogen (secondary N) is 2. The van der Waals surface area contributed by atoms with E-state index in [1.54, 1.807) is 6.20 Å². The third-order valence-electron chi connectivity index (χ3n) is 6.63. The minimum absolute atomic E-state index is 0.0684. The molecule has 3 aromatic rings. The predicted molar refractivity (Wildman–Crippen MR) is 128 cm³/mol. The highest BCUT2D eigenvalue weighted by Crippen LogP contribution is 2.38. The highest BCUT2D eigenvalue weighted by atomic mass is 35.5. The van der Waals surface area contributed by atoms with Crippen LogP contribution in [0.4, 0.5) is 26.4 Å². The molecule has 35 heavy (non-hydrogen) atoms. The topological polar surface area (TPSA) is 120 Å². The Morgan fingerprint density at radius 3 is 2.66 bits per heavy atom. The Bertz CT molecular complexity index is 1220. The lowest BCUT2D eigenvalue weighted by Crippen LogP contribution is -2.31. The minimum Gasteiger partial charge on any atom is -0.379 e. The second-order valence-corrected chi connectivity index (χ2v) is 9.45. The van der Waals surface area contributed by atoms with Gasteiger partial charge in [-0.3, -0.25) is 9.36 Å². The monoisotopic (exact) mass is 505 g/mol. The maximum absolute atomic E-state index is 14.6. The number of aromatic nitrogens is 4. The van der Waals surface area contributed by atoms with Gasteiger partial charge in [-0.25, -0.2) is 18.7 Å². The average molecular weight is 506 g/mol. The summed E-state index contributed by atoms with van der Waals surface area (Å²) in [4.78, 5) is 25.4. The molecule has 1 saturated carbocycles. The van der Waals surface area contributed by atoms with Gasteiger partial charge in [0, 0.05) is 24.6 Å². The quantitative estimate of drug-likeness (QED) is 0.456. The number of hydrogen-bond donors (Lipinski definition) is 3. The van der Waals surface area contributed by atoms with Crippen molar-refractivity contribution in [2.75, 3.05) is 23.8 Å². The number of carbonyl (C=O) groups is 1. The number of rotatable bonds is 6. The van der Waals surface area contributed by atoms with Crippen molar-refractivity contribution in [2.45, 2.75) is 50.6 Å². The smallest absolute Gasteiger partial charge is 0.225 e. The lowest BCUT2D eigenvalue weighted by Gasteiger charge is -2.29. The summed E-state index contributed by atoms with van der Waals surface area (Å²) >= 11 is 6.13. The van der Waals surface area contributed by atoms with Crippen LogP contribution in [-0.4, -0.2) is 44.7 Å². The van der Waals surface area contributed by atoms with Gasteiger partial charge >= 0.3 is 0 Å². The number of carbonyl (C=O) groups excluding carboxylic acids is 1. The van der Waals surface area contributed by atoms with Gasteiger partial charge in [0.15, 0.2) is 11.5 Å². The summed E-state index contributed by atoms with van der Waals surface area (Å²) < 4.78 is 35.6. The third kappa shape index (κ3) is 5.01. The number of nitrogens with two attached hydrogens (primary N) is 1. The first kappa shape index (κ1) is 23.7. The molecule has 9 nitrogen and oxygen atoms in total. The van der Waals surface area contributed by atoms with Crippen molar-refractivity contribution in [2.24, 2.45) is 11.7 Å². The van der Waals surface area contributed by atoms with Crippen LogP contribution in [0.5, 0.6) is 0 Å². The Morgan fingerprint density at radius 2 is 1.97 bits per heavy atom. The molecule has 1 saturated heterocycles. The van der Waals surface area contributed by atoms with Crippen LogP contribution in [-0.2, 0) is 9.53 Å². The number of imidazole rings is 1. The van der Waals surface area contributed by atoms with Gasteiger partial charge in [-0.15, -0.1) is 0 Å². The van der Waals surface area contributed by atoms with Gasteiger partial charge in [-0.2, -0.15) is 4.98 Å². The number of anilines is 3. The normalized spacial score (nSPS) is 22.8. The molecule has 3 heterocycles. The molecule has 2 aromatic heterocycles. The molecule has 2 fully saturated rings. The molecule has 1 aliphatic heterocycles. The van der Waals surface area contributed by atoms with E-state index in [9.17, 15) is 13.6 Å². The molecule has 4 N–H and O–H groups in total. The van der Waals surface area contributed by atoms with Gasteiger partial charge in [0.05, 0.1) is 29.6 Å². The number of halogens is 3. The Labute approximate surface area is 205 Å². The van der Waals surface area contributed by atoms with Crippen LogP contribution in [0.3, 0.4) is 0 Å². The molecule has 1 aliphatic carbocycles. The van der Waals surface area contributed by atoms with Crippen molar-refractivity contribution in [1.29, 1.82) is 0 Å². The molecule has 1 unspecified atom stereocenters. The van der Waals surface area contributed by atoms with Gasteiger partial charge < -0.3 is 21.1 Å². The molecule has 186 valence electrons. The summed E-state index contributed by atoms with van der Waals surface area (Å²) in [6.07, 6.45) is 6.09. The zero-order valence-corrected chi connectivity index (χ0v) is 19.7.